The van der Waals surface area contributed by atoms with Crippen molar-refractivity contribution in [1.82, 2.24) is 10.2 Å². The van der Waals surface area contributed by atoms with Gasteiger partial charge in [0.15, 0.2) is 0 Å². The first-order chi connectivity index (χ1) is 9.08. The van der Waals surface area contributed by atoms with Gasteiger partial charge in [0.05, 0.1) is 20.2 Å². The van der Waals surface area contributed by atoms with Gasteiger partial charge in [-0.3, -0.25) is 9.59 Å². The van der Waals surface area contributed by atoms with Crippen molar-refractivity contribution in [2.24, 2.45) is 5.73 Å². The predicted octanol–water partition coefficient (Wildman–Crippen LogP) is -0.271. The lowest BCUT2D eigenvalue weighted by Crippen LogP contribution is -2.40. The second-order valence-corrected chi connectivity index (χ2v) is 4.04. The highest BCUT2D eigenvalue weighted by atomic mass is 16.5. The van der Waals surface area contributed by atoms with Gasteiger partial charge >= 0.3 is 0 Å². The third-order valence-electron chi connectivity index (χ3n) is 2.65. The number of amides is 2. The highest BCUT2D eigenvalue weighted by molar-refractivity contribution is 5.85. The van der Waals surface area contributed by atoms with E-state index < -0.39 is 0 Å². The van der Waals surface area contributed by atoms with Crippen molar-refractivity contribution in [2.75, 3.05) is 27.2 Å². The molecule has 0 aliphatic carbocycles. The molecule has 1 aromatic rings. The summed E-state index contributed by atoms with van der Waals surface area (Å²) in [7, 11) is 3.26. The normalized spacial score (nSPS) is 9.84. The Labute approximate surface area is 112 Å². The fourth-order valence-corrected chi connectivity index (χ4v) is 1.56. The number of benzene rings is 1. The van der Waals surface area contributed by atoms with E-state index in [2.05, 4.69) is 5.32 Å². The number of nitrogens with one attached hydrogen (secondary N) is 1. The average Bonchev–Trinajstić information content (AvgIpc) is 2.44. The maximum Gasteiger partial charge on any atom is 0.242 e. The first-order valence-corrected chi connectivity index (χ1v) is 5.91. The first-order valence-electron chi connectivity index (χ1n) is 5.91. The van der Waals surface area contributed by atoms with Crippen LogP contribution in [0.25, 0.3) is 0 Å². The number of hydrogen-bond donors (Lipinski definition) is 2. The van der Waals surface area contributed by atoms with E-state index in [-0.39, 0.29) is 24.9 Å². The number of carbonyl (C=O) groups excluding carboxylic acids is 2. The van der Waals surface area contributed by atoms with Gasteiger partial charge in [0.1, 0.15) is 5.75 Å². The largest absolute Gasteiger partial charge is 0.496 e. The molecule has 0 aromatic heterocycles. The van der Waals surface area contributed by atoms with Gasteiger partial charge in [-0.25, -0.2) is 0 Å². The molecule has 0 aliphatic rings. The lowest BCUT2D eigenvalue weighted by Gasteiger charge is -2.19. The van der Waals surface area contributed by atoms with Crippen LogP contribution in [-0.4, -0.2) is 44.0 Å². The van der Waals surface area contributed by atoms with Gasteiger partial charge in [-0.05, 0) is 6.07 Å². The number of nitrogens with two attached hydrogens (primary N) is 1. The van der Waals surface area contributed by atoms with Gasteiger partial charge in [0, 0.05) is 19.2 Å². The summed E-state index contributed by atoms with van der Waals surface area (Å²) in [4.78, 5) is 24.3. The Bertz CT molecular complexity index is 449. The quantitative estimate of drug-likeness (QED) is 0.741. The number of carbonyl (C=O) groups is 2. The third kappa shape index (κ3) is 4.59. The SMILES string of the molecule is COc1ccccc1CN(C)C(=O)CNC(=O)CN. The minimum Gasteiger partial charge on any atom is -0.496 e. The molecule has 0 atom stereocenters. The number of nitrogens with zero attached hydrogens (tertiary/aromatic N) is 1. The van der Waals surface area contributed by atoms with Gasteiger partial charge < -0.3 is 20.7 Å². The van der Waals surface area contributed by atoms with Crippen LogP contribution in [0.5, 0.6) is 5.75 Å². The van der Waals surface area contributed by atoms with Crippen LogP contribution in [-0.2, 0) is 16.1 Å². The lowest BCUT2D eigenvalue weighted by molar-refractivity contribution is -0.131. The number of rotatable bonds is 6. The summed E-state index contributed by atoms with van der Waals surface area (Å²) in [6.45, 7) is 0.243. The van der Waals surface area contributed by atoms with Crippen LogP contribution < -0.4 is 15.8 Å². The molecule has 0 unspecified atom stereocenters. The summed E-state index contributed by atoms with van der Waals surface area (Å²) in [6.07, 6.45) is 0. The number of methoxy groups -OCH3 is 1. The molecule has 0 radical (unpaired) electrons. The Balaban J connectivity index is 2.56. The summed E-state index contributed by atoms with van der Waals surface area (Å²) in [5, 5.41) is 2.44. The van der Waals surface area contributed by atoms with Gasteiger partial charge in [-0.2, -0.15) is 0 Å². The average molecular weight is 265 g/mol. The van der Waals surface area contributed by atoms with Crippen LogP contribution >= 0.6 is 0 Å². The summed E-state index contributed by atoms with van der Waals surface area (Å²) >= 11 is 0. The van der Waals surface area contributed by atoms with Crippen LogP contribution in [0.15, 0.2) is 24.3 Å². The van der Waals surface area contributed by atoms with Crippen molar-refractivity contribution in [3.8, 4) is 5.75 Å². The summed E-state index contributed by atoms with van der Waals surface area (Å²) in [6, 6.07) is 7.48. The van der Waals surface area contributed by atoms with E-state index in [0.717, 1.165) is 11.3 Å². The maximum absolute atomic E-state index is 11.8. The van der Waals surface area contributed by atoms with Gasteiger partial charge in [-0.15, -0.1) is 0 Å². The molecule has 0 fully saturated rings. The number of ether oxygens (including phenoxy) is 1. The molecule has 3 N–H and O–H groups in total. The van der Waals surface area contributed by atoms with Gasteiger partial charge in [0.25, 0.3) is 0 Å². The molecule has 1 aromatic carbocycles. The summed E-state index contributed by atoms with van der Waals surface area (Å²) < 4.78 is 5.22. The molecular formula is C13H19N3O3. The molecule has 104 valence electrons. The van der Waals surface area contributed by atoms with E-state index in [9.17, 15) is 9.59 Å². The second kappa shape index (κ2) is 7.38. The second-order valence-electron chi connectivity index (χ2n) is 4.04. The monoisotopic (exact) mass is 265 g/mol. The molecule has 2 amide bonds. The zero-order chi connectivity index (χ0) is 14.3. The first kappa shape index (κ1) is 15.0. The topological polar surface area (TPSA) is 84.7 Å². The molecule has 19 heavy (non-hydrogen) atoms. The fraction of sp³-hybridized carbons (Fsp3) is 0.385. The lowest BCUT2D eigenvalue weighted by atomic mass is 10.2. The van der Waals surface area contributed by atoms with E-state index in [1.807, 2.05) is 24.3 Å². The predicted molar refractivity (Wildman–Crippen MR) is 71.5 cm³/mol. The maximum atomic E-state index is 11.8. The van der Waals surface area contributed by atoms with Crippen LogP contribution in [0.1, 0.15) is 5.56 Å². The minimum atomic E-state index is -0.348. The molecular weight excluding hydrogens is 246 g/mol. The minimum absolute atomic E-state index is 0.0539. The van der Waals surface area contributed by atoms with Crippen molar-refractivity contribution in [3.05, 3.63) is 29.8 Å². The Morgan fingerprint density at radius 3 is 2.68 bits per heavy atom. The molecule has 0 saturated carbocycles. The Morgan fingerprint density at radius 2 is 2.05 bits per heavy atom. The molecule has 0 aliphatic heterocycles. The van der Waals surface area contributed by atoms with E-state index >= 15 is 0 Å². The van der Waals surface area contributed by atoms with E-state index in [1.165, 1.54) is 4.90 Å². The van der Waals surface area contributed by atoms with E-state index in [0.29, 0.717) is 6.54 Å². The van der Waals surface area contributed by atoms with Crippen molar-refractivity contribution in [3.63, 3.8) is 0 Å². The zero-order valence-corrected chi connectivity index (χ0v) is 11.2. The molecule has 1 rings (SSSR count). The molecule has 6 nitrogen and oxygen atoms in total. The van der Waals surface area contributed by atoms with Gasteiger partial charge in [-0.1, -0.05) is 18.2 Å². The molecule has 0 heterocycles. The Hall–Kier alpha value is -2.08. The van der Waals surface area contributed by atoms with Crippen molar-refractivity contribution in [2.45, 2.75) is 6.54 Å². The highest BCUT2D eigenvalue weighted by Crippen LogP contribution is 2.18. The van der Waals surface area contributed by atoms with Crippen LogP contribution in [0, 0.1) is 0 Å². The highest BCUT2D eigenvalue weighted by Gasteiger charge is 2.12. The summed E-state index contributed by atoms with van der Waals surface area (Å²) in [5.41, 5.74) is 6.05. The standard InChI is InChI=1S/C13H19N3O3/c1-16(13(18)8-15-12(17)7-14)9-10-5-3-4-6-11(10)19-2/h3-6H,7-9,14H2,1-2H3,(H,15,17). The molecule has 0 bridgehead atoms. The van der Waals surface area contributed by atoms with E-state index in [1.54, 1.807) is 14.2 Å². The third-order valence-corrected chi connectivity index (χ3v) is 2.65. The zero-order valence-electron chi connectivity index (χ0n) is 11.2. The number of para-hydroxylation sites is 1. The van der Waals surface area contributed by atoms with Crippen molar-refractivity contribution in [1.29, 1.82) is 0 Å². The summed E-state index contributed by atoms with van der Waals surface area (Å²) in [5.74, 6) is 0.194. The van der Waals surface area contributed by atoms with E-state index in [4.69, 9.17) is 10.5 Å². The Morgan fingerprint density at radius 1 is 1.37 bits per heavy atom. The smallest absolute Gasteiger partial charge is 0.242 e. The van der Waals surface area contributed by atoms with Crippen molar-refractivity contribution < 1.29 is 14.3 Å². The van der Waals surface area contributed by atoms with Crippen LogP contribution in [0.3, 0.4) is 0 Å². The van der Waals surface area contributed by atoms with Gasteiger partial charge in [0.2, 0.25) is 11.8 Å². The van der Waals surface area contributed by atoms with Crippen molar-refractivity contribution >= 4 is 11.8 Å². The van der Waals surface area contributed by atoms with Crippen LogP contribution in [0.2, 0.25) is 0 Å². The fourth-order valence-electron chi connectivity index (χ4n) is 1.56. The Kier molecular flexibility index (Phi) is 5.81. The molecule has 6 heteroatoms. The number of likely N-dealkylation sites (N-methyl/N-ethyl adjacent to an activating group) is 1. The number of hydrogen-bond acceptors (Lipinski definition) is 4. The molecule has 0 saturated heterocycles. The van der Waals surface area contributed by atoms with Crippen LogP contribution in [0.4, 0.5) is 0 Å². The molecule has 0 spiro atoms.